The third kappa shape index (κ3) is 9.20. The third-order valence-corrected chi connectivity index (χ3v) is 5.62. The molecule has 0 aliphatic heterocycles. The first kappa shape index (κ1) is 20.5. The van der Waals surface area contributed by atoms with Gasteiger partial charge in [0.2, 0.25) is 0 Å². The molecule has 0 aliphatic rings. The molecule has 0 aliphatic carbocycles. The van der Waals surface area contributed by atoms with Crippen LogP contribution in [0.25, 0.3) is 0 Å². The van der Waals surface area contributed by atoms with Gasteiger partial charge >= 0.3 is 8.80 Å². The van der Waals surface area contributed by atoms with Crippen LogP contribution >= 0.6 is 0 Å². The second-order valence-corrected chi connectivity index (χ2v) is 7.74. The smallest absolute Gasteiger partial charge is 0.431 e. The zero-order valence-electron chi connectivity index (χ0n) is 13.1. The normalized spacial score (nSPS) is 11.5. The van der Waals surface area contributed by atoms with Gasteiger partial charge in [0.1, 0.15) is 10.5 Å². The van der Waals surface area contributed by atoms with E-state index >= 15 is 0 Å². The van der Waals surface area contributed by atoms with E-state index in [1.165, 1.54) is 0 Å². The summed E-state index contributed by atoms with van der Waals surface area (Å²) >= 11 is 0. The van der Waals surface area contributed by atoms with Gasteiger partial charge in [-0.1, -0.05) is 13.8 Å². The fourth-order valence-corrected chi connectivity index (χ4v) is 3.32. The molecule has 0 fully saturated rings. The predicted molar refractivity (Wildman–Crippen MR) is 80.9 cm³/mol. The van der Waals surface area contributed by atoms with Crippen molar-refractivity contribution in [3.8, 4) is 0 Å². The molecule has 0 unspecified atom stereocenters. The summed E-state index contributed by atoms with van der Waals surface area (Å²) in [6, 6.07) is 0.882. The molecule has 5 nitrogen and oxygen atoms in total. The lowest BCUT2D eigenvalue weighted by Crippen LogP contribution is -2.43. The molecule has 0 N–H and O–H groups in total. The first-order valence-corrected chi connectivity index (χ1v) is 9.12. The lowest BCUT2D eigenvalue weighted by atomic mass is 10.4. The molecule has 0 aromatic carbocycles. The van der Waals surface area contributed by atoms with Crippen molar-refractivity contribution in [3.63, 3.8) is 0 Å². The summed E-state index contributed by atoms with van der Waals surface area (Å²) in [6.45, 7) is 7.63. The van der Waals surface area contributed by atoms with E-state index in [9.17, 15) is 0 Å². The van der Waals surface area contributed by atoms with Crippen molar-refractivity contribution in [3.05, 3.63) is 0 Å². The highest BCUT2D eigenvalue weighted by Crippen LogP contribution is 2.15. The Morgan fingerprint density at radius 2 is 1.33 bits per heavy atom. The fraction of sp³-hybridized carbons (Fsp3) is 1.00. The van der Waals surface area contributed by atoms with Crippen molar-refractivity contribution < 1.29 is 17.7 Å². The second-order valence-electron chi connectivity index (χ2n) is 3.83. The quantitative estimate of drug-likeness (QED) is 0.580. The van der Waals surface area contributed by atoms with Gasteiger partial charge in [-0.05, 0) is 26.1 Å². The Bertz CT molecular complexity index is 159. The lowest BCUT2D eigenvalue weighted by molar-refractivity contribution is 0.121. The number of hydrogen-bond acceptors (Lipinski definition) is 5. The van der Waals surface area contributed by atoms with Gasteiger partial charge in [0.15, 0.2) is 0 Å². The molecule has 18 heavy (non-hydrogen) atoms. The van der Waals surface area contributed by atoms with Gasteiger partial charge in [-0.25, -0.2) is 0 Å². The molecule has 0 saturated carbocycles. The first-order valence-electron chi connectivity index (χ1n) is 6.37. The molecule has 0 spiro atoms. The molecule has 0 atom stereocenters. The molecule has 0 aromatic heterocycles. The van der Waals surface area contributed by atoms with Crippen LogP contribution in [0, 0.1) is 0 Å². The highest BCUT2D eigenvalue weighted by molar-refractivity contribution is 6.60. The first-order chi connectivity index (χ1) is 8.59. The molecular formula is C11H31NO4Si2. The van der Waals surface area contributed by atoms with Crippen molar-refractivity contribution in [2.45, 2.75) is 26.3 Å². The molecule has 0 radical (unpaired) electrons. The molecule has 112 valence electrons. The van der Waals surface area contributed by atoms with E-state index in [0.29, 0.717) is 0 Å². The molecule has 0 amide bonds. The summed E-state index contributed by atoms with van der Waals surface area (Å²) in [7, 11) is 5.21. The highest BCUT2D eigenvalue weighted by Gasteiger charge is 2.36. The molecule has 0 rings (SSSR count). The summed E-state index contributed by atoms with van der Waals surface area (Å²) < 4.78 is 20.5. The van der Waals surface area contributed by atoms with Crippen LogP contribution in [0.3, 0.4) is 0 Å². The number of nitrogens with zero attached hydrogens (tertiary/aromatic N) is 1. The summed E-state index contributed by atoms with van der Waals surface area (Å²) in [5.41, 5.74) is 0. The van der Waals surface area contributed by atoms with Crippen LogP contribution in [-0.4, -0.2) is 72.3 Å². The molecule has 0 aromatic rings. The van der Waals surface area contributed by atoms with Gasteiger partial charge in [-0.3, -0.25) is 0 Å². The fourth-order valence-electron chi connectivity index (χ4n) is 1.62. The van der Waals surface area contributed by atoms with Crippen molar-refractivity contribution in [2.24, 2.45) is 0 Å². The average molecular weight is 298 g/mol. The standard InChI is InChI=1S/C10H25NO3Si.CH6OSi/c1-6-11(7-2)9-8-10-15(12-3,13-4)14-5;1-2-3/h6-10H2,1-5H3;1,3H3. The maximum atomic E-state index is 5.36. The van der Waals surface area contributed by atoms with E-state index in [2.05, 4.69) is 23.2 Å². The van der Waals surface area contributed by atoms with E-state index in [0.717, 1.165) is 42.6 Å². The van der Waals surface area contributed by atoms with Gasteiger partial charge in [0, 0.05) is 34.5 Å². The molecular weight excluding hydrogens is 266 g/mol. The number of rotatable bonds is 9. The Hall–Kier alpha value is 0.234. The van der Waals surface area contributed by atoms with Crippen LogP contribution in [0.4, 0.5) is 0 Å². The summed E-state index contributed by atoms with van der Waals surface area (Å²) in [5, 5.41) is 0. The Labute approximate surface area is 117 Å². The Morgan fingerprint density at radius 1 is 0.944 bits per heavy atom. The van der Waals surface area contributed by atoms with Crippen LogP contribution in [0.1, 0.15) is 20.3 Å². The largest absolute Gasteiger partial charge is 0.500 e. The maximum Gasteiger partial charge on any atom is 0.500 e. The average Bonchev–Trinajstić information content (AvgIpc) is 2.41. The zero-order valence-corrected chi connectivity index (χ0v) is 16.1. The third-order valence-electron chi connectivity index (χ3n) is 2.78. The minimum absolute atomic E-state index is 0.869. The molecule has 0 saturated heterocycles. The lowest BCUT2D eigenvalue weighted by Gasteiger charge is -2.25. The minimum Gasteiger partial charge on any atom is -0.431 e. The van der Waals surface area contributed by atoms with Gasteiger partial charge in [-0.15, -0.1) is 0 Å². The molecule has 0 heterocycles. The van der Waals surface area contributed by atoms with Crippen molar-refractivity contribution >= 4 is 19.3 Å². The zero-order chi connectivity index (χ0) is 14.4. The topological polar surface area (TPSA) is 40.2 Å². The van der Waals surface area contributed by atoms with Crippen LogP contribution in [0.5, 0.6) is 0 Å². The van der Waals surface area contributed by atoms with Crippen molar-refractivity contribution in [1.82, 2.24) is 4.90 Å². The Morgan fingerprint density at radius 3 is 1.61 bits per heavy atom. The molecule has 0 bridgehead atoms. The van der Waals surface area contributed by atoms with Crippen molar-refractivity contribution in [2.75, 3.05) is 48.1 Å². The Balaban J connectivity index is 0. The highest BCUT2D eigenvalue weighted by atomic mass is 28.4. The minimum atomic E-state index is -2.34. The summed E-state index contributed by atoms with van der Waals surface area (Å²) in [5.74, 6) is 0. The maximum absolute atomic E-state index is 5.36. The SMILES string of the molecule is CCN(CC)CCC[Si](OC)(OC)OC.CO[SiH3]. The van der Waals surface area contributed by atoms with E-state index in [1.807, 2.05) is 0 Å². The van der Waals surface area contributed by atoms with Gasteiger partial charge < -0.3 is 22.6 Å². The Kier molecular flexibility index (Phi) is 15.6. The summed E-state index contributed by atoms with van der Waals surface area (Å²) in [4.78, 5) is 2.39. The van der Waals surface area contributed by atoms with Crippen LogP contribution in [-0.2, 0) is 17.7 Å². The van der Waals surface area contributed by atoms with E-state index in [-0.39, 0.29) is 0 Å². The van der Waals surface area contributed by atoms with Gasteiger partial charge in [0.05, 0.1) is 0 Å². The van der Waals surface area contributed by atoms with E-state index in [4.69, 9.17) is 13.3 Å². The molecule has 7 heteroatoms. The van der Waals surface area contributed by atoms with Crippen LogP contribution < -0.4 is 0 Å². The van der Waals surface area contributed by atoms with Gasteiger partial charge in [0.25, 0.3) is 0 Å². The predicted octanol–water partition coefficient (Wildman–Crippen LogP) is 0.510. The number of hydrogen-bond donors (Lipinski definition) is 0. The summed E-state index contributed by atoms with van der Waals surface area (Å²) in [6.07, 6.45) is 1.06. The van der Waals surface area contributed by atoms with Gasteiger partial charge in [-0.2, -0.15) is 0 Å². The van der Waals surface area contributed by atoms with E-state index < -0.39 is 8.80 Å². The monoisotopic (exact) mass is 297 g/mol. The second kappa shape index (κ2) is 13.7. The van der Waals surface area contributed by atoms with E-state index in [1.54, 1.807) is 28.4 Å². The van der Waals surface area contributed by atoms with Crippen LogP contribution in [0.15, 0.2) is 0 Å². The van der Waals surface area contributed by atoms with Crippen molar-refractivity contribution in [1.29, 1.82) is 0 Å². The van der Waals surface area contributed by atoms with Crippen LogP contribution in [0.2, 0.25) is 6.04 Å².